The van der Waals surface area contributed by atoms with E-state index in [0.29, 0.717) is 19.0 Å². The third kappa shape index (κ3) is 3.29. The van der Waals surface area contributed by atoms with Crippen LogP contribution in [0.15, 0.2) is 41.8 Å². The van der Waals surface area contributed by atoms with Crippen molar-refractivity contribution in [1.82, 2.24) is 9.97 Å². The summed E-state index contributed by atoms with van der Waals surface area (Å²) in [6, 6.07) is 11.9. The molecule has 3 aromatic rings. The van der Waals surface area contributed by atoms with E-state index in [2.05, 4.69) is 26.7 Å². The molecule has 2 heterocycles. The number of fused-ring (bicyclic) bond motifs is 1. The molecule has 0 atom stereocenters. The zero-order valence-electron chi connectivity index (χ0n) is 11.4. The van der Waals surface area contributed by atoms with Crippen molar-refractivity contribution in [2.45, 2.75) is 6.54 Å². The van der Waals surface area contributed by atoms with Crippen LogP contribution in [0.3, 0.4) is 0 Å². The van der Waals surface area contributed by atoms with Crippen LogP contribution in [-0.4, -0.2) is 28.2 Å². The van der Waals surface area contributed by atoms with E-state index in [0.717, 1.165) is 16.7 Å². The molecule has 0 saturated heterocycles. The van der Waals surface area contributed by atoms with Gasteiger partial charge in [-0.15, -0.1) is 11.3 Å². The van der Waals surface area contributed by atoms with E-state index in [1.54, 1.807) is 11.3 Å². The number of nitrogens with one attached hydrogen (secondary N) is 2. The zero-order chi connectivity index (χ0) is 14.5. The molecule has 5 nitrogen and oxygen atoms in total. The number of para-hydroxylation sites is 1. The summed E-state index contributed by atoms with van der Waals surface area (Å²) in [5.41, 5.74) is 0.876. The minimum absolute atomic E-state index is 0.0658. The first-order valence-electron chi connectivity index (χ1n) is 6.74. The fourth-order valence-corrected chi connectivity index (χ4v) is 2.69. The largest absolute Gasteiger partial charge is 0.395 e. The van der Waals surface area contributed by atoms with Crippen molar-refractivity contribution in [2.24, 2.45) is 0 Å². The SMILES string of the molecule is OCCNc1nc(NCc2cccs2)nc2ccccc12. The summed E-state index contributed by atoms with van der Waals surface area (Å²) in [7, 11) is 0. The Bertz CT molecular complexity index is 715. The number of rotatable bonds is 6. The molecule has 0 amide bonds. The summed E-state index contributed by atoms with van der Waals surface area (Å²) in [4.78, 5) is 10.3. The number of hydrogen-bond acceptors (Lipinski definition) is 6. The van der Waals surface area contributed by atoms with Crippen molar-refractivity contribution >= 4 is 34.0 Å². The second-order valence-corrected chi connectivity index (χ2v) is 5.53. The van der Waals surface area contributed by atoms with Crippen molar-refractivity contribution in [3.63, 3.8) is 0 Å². The fraction of sp³-hybridized carbons (Fsp3) is 0.200. The number of anilines is 2. The third-order valence-corrected chi connectivity index (χ3v) is 3.88. The molecule has 1 aromatic carbocycles. The van der Waals surface area contributed by atoms with Crippen LogP contribution in [0.25, 0.3) is 10.9 Å². The molecule has 0 aliphatic rings. The van der Waals surface area contributed by atoms with Crippen molar-refractivity contribution in [1.29, 1.82) is 0 Å². The Kier molecular flexibility index (Phi) is 4.28. The topological polar surface area (TPSA) is 70.1 Å². The average Bonchev–Trinajstić information content (AvgIpc) is 3.04. The van der Waals surface area contributed by atoms with Gasteiger partial charge in [0.05, 0.1) is 18.7 Å². The predicted molar refractivity (Wildman–Crippen MR) is 86.8 cm³/mol. The molecule has 0 aliphatic carbocycles. The Labute approximate surface area is 126 Å². The van der Waals surface area contributed by atoms with Crippen LogP contribution in [-0.2, 0) is 6.54 Å². The van der Waals surface area contributed by atoms with Crippen LogP contribution in [0.2, 0.25) is 0 Å². The number of aliphatic hydroxyl groups is 1. The highest BCUT2D eigenvalue weighted by molar-refractivity contribution is 7.09. The molecule has 21 heavy (non-hydrogen) atoms. The molecule has 2 aromatic heterocycles. The lowest BCUT2D eigenvalue weighted by atomic mass is 10.2. The van der Waals surface area contributed by atoms with Gasteiger partial charge in [0.25, 0.3) is 0 Å². The van der Waals surface area contributed by atoms with Gasteiger partial charge in [-0.2, -0.15) is 4.98 Å². The van der Waals surface area contributed by atoms with E-state index in [1.165, 1.54) is 4.88 Å². The van der Waals surface area contributed by atoms with Gasteiger partial charge in [-0.25, -0.2) is 4.98 Å². The highest BCUT2D eigenvalue weighted by Gasteiger charge is 2.07. The Morgan fingerprint density at radius 1 is 1.05 bits per heavy atom. The minimum Gasteiger partial charge on any atom is -0.395 e. The first-order chi connectivity index (χ1) is 10.4. The maximum absolute atomic E-state index is 8.98. The van der Waals surface area contributed by atoms with Gasteiger partial charge in [0, 0.05) is 16.8 Å². The summed E-state index contributed by atoms with van der Waals surface area (Å²) in [6.07, 6.45) is 0. The van der Waals surface area contributed by atoms with E-state index < -0.39 is 0 Å². The lowest BCUT2D eigenvalue weighted by Crippen LogP contribution is -2.10. The van der Waals surface area contributed by atoms with Gasteiger partial charge in [-0.3, -0.25) is 0 Å². The molecular formula is C15H16N4OS. The van der Waals surface area contributed by atoms with Gasteiger partial charge in [-0.1, -0.05) is 18.2 Å². The molecule has 6 heteroatoms. The van der Waals surface area contributed by atoms with Crippen molar-refractivity contribution in [3.05, 3.63) is 46.7 Å². The van der Waals surface area contributed by atoms with Crippen LogP contribution in [0.5, 0.6) is 0 Å². The summed E-state index contributed by atoms with van der Waals surface area (Å²) in [6.45, 7) is 1.23. The second kappa shape index (κ2) is 6.51. The van der Waals surface area contributed by atoms with E-state index in [-0.39, 0.29) is 6.61 Å². The highest BCUT2D eigenvalue weighted by atomic mass is 32.1. The number of thiophene rings is 1. The Morgan fingerprint density at radius 3 is 2.76 bits per heavy atom. The molecule has 0 bridgehead atoms. The van der Waals surface area contributed by atoms with Crippen LogP contribution in [0, 0.1) is 0 Å². The molecular weight excluding hydrogens is 284 g/mol. The van der Waals surface area contributed by atoms with Gasteiger partial charge in [0.1, 0.15) is 5.82 Å². The van der Waals surface area contributed by atoms with E-state index in [4.69, 9.17) is 5.11 Å². The minimum atomic E-state index is 0.0658. The van der Waals surface area contributed by atoms with Gasteiger partial charge in [0.2, 0.25) is 5.95 Å². The summed E-state index contributed by atoms with van der Waals surface area (Å²) in [5.74, 6) is 1.32. The van der Waals surface area contributed by atoms with Crippen molar-refractivity contribution in [3.8, 4) is 0 Å². The number of nitrogens with zero attached hydrogens (tertiary/aromatic N) is 2. The molecule has 3 N–H and O–H groups in total. The smallest absolute Gasteiger partial charge is 0.225 e. The maximum atomic E-state index is 8.98. The van der Waals surface area contributed by atoms with E-state index in [9.17, 15) is 0 Å². The van der Waals surface area contributed by atoms with Crippen LogP contribution >= 0.6 is 11.3 Å². The molecule has 108 valence electrons. The van der Waals surface area contributed by atoms with Crippen LogP contribution in [0.4, 0.5) is 11.8 Å². The third-order valence-electron chi connectivity index (χ3n) is 3.01. The molecule has 0 aliphatic heterocycles. The lowest BCUT2D eigenvalue weighted by Gasteiger charge is -2.10. The molecule has 0 fully saturated rings. The van der Waals surface area contributed by atoms with Crippen LogP contribution < -0.4 is 10.6 Å². The Morgan fingerprint density at radius 2 is 1.95 bits per heavy atom. The highest BCUT2D eigenvalue weighted by Crippen LogP contribution is 2.22. The monoisotopic (exact) mass is 300 g/mol. The number of aliphatic hydroxyl groups excluding tert-OH is 1. The number of hydrogen-bond donors (Lipinski definition) is 3. The van der Waals surface area contributed by atoms with Crippen LogP contribution in [0.1, 0.15) is 4.88 Å². The van der Waals surface area contributed by atoms with Crippen molar-refractivity contribution in [2.75, 3.05) is 23.8 Å². The zero-order valence-corrected chi connectivity index (χ0v) is 12.2. The van der Waals surface area contributed by atoms with Gasteiger partial charge in [0.15, 0.2) is 0 Å². The maximum Gasteiger partial charge on any atom is 0.225 e. The van der Waals surface area contributed by atoms with Gasteiger partial charge >= 0.3 is 0 Å². The first-order valence-corrected chi connectivity index (χ1v) is 7.62. The van der Waals surface area contributed by atoms with E-state index in [1.807, 2.05) is 35.7 Å². The van der Waals surface area contributed by atoms with Crippen molar-refractivity contribution < 1.29 is 5.11 Å². The second-order valence-electron chi connectivity index (χ2n) is 4.50. The fourth-order valence-electron chi connectivity index (χ4n) is 2.04. The molecule has 0 unspecified atom stereocenters. The molecule has 0 spiro atoms. The Balaban J connectivity index is 1.87. The normalized spacial score (nSPS) is 10.7. The molecule has 0 saturated carbocycles. The first kappa shape index (κ1) is 13.8. The van der Waals surface area contributed by atoms with E-state index >= 15 is 0 Å². The summed E-state index contributed by atoms with van der Waals surface area (Å²) < 4.78 is 0. The Hall–Kier alpha value is -2.18. The summed E-state index contributed by atoms with van der Waals surface area (Å²) >= 11 is 1.70. The van der Waals surface area contributed by atoms with Gasteiger partial charge in [-0.05, 0) is 23.6 Å². The van der Waals surface area contributed by atoms with Gasteiger partial charge < -0.3 is 15.7 Å². The molecule has 3 rings (SSSR count). The lowest BCUT2D eigenvalue weighted by molar-refractivity contribution is 0.311. The summed E-state index contributed by atoms with van der Waals surface area (Å²) in [5, 5.41) is 18.4. The predicted octanol–water partition coefficient (Wildman–Crippen LogP) is 2.71. The molecule has 0 radical (unpaired) electrons. The average molecular weight is 300 g/mol. The standard InChI is InChI=1S/C15H16N4OS/c20-8-7-16-14-12-5-1-2-6-13(12)18-15(19-14)17-10-11-4-3-9-21-11/h1-6,9,20H,7-8,10H2,(H2,16,17,18,19). The quantitative estimate of drug-likeness (QED) is 0.653. The number of aromatic nitrogens is 2. The number of benzene rings is 1.